The van der Waals surface area contributed by atoms with Gasteiger partial charge in [-0.25, -0.2) is 27.3 Å². The summed E-state index contributed by atoms with van der Waals surface area (Å²) >= 11 is 0. The van der Waals surface area contributed by atoms with E-state index >= 15 is 0 Å². The molecule has 0 atom stereocenters. The molecule has 5 nitrogen and oxygen atoms in total. The molecule has 0 amide bonds. The lowest BCUT2D eigenvalue weighted by atomic mass is 10.00. The lowest BCUT2D eigenvalue weighted by molar-refractivity contribution is 0.0697. The molecule has 0 aliphatic heterocycles. The molecule has 1 aromatic heterocycles. The summed E-state index contributed by atoms with van der Waals surface area (Å²) in [5, 5.41) is 11.7. The van der Waals surface area contributed by atoms with Gasteiger partial charge in [-0.3, -0.25) is 0 Å². The third kappa shape index (κ3) is 3.95. The molecule has 0 saturated heterocycles. The van der Waals surface area contributed by atoms with E-state index in [1.54, 1.807) is 0 Å². The van der Waals surface area contributed by atoms with Crippen LogP contribution in [0, 0.1) is 23.3 Å². The number of carboxylic acid groups (broad SMARTS) is 1. The molecule has 0 bridgehead atoms. The van der Waals surface area contributed by atoms with Crippen molar-refractivity contribution in [3.63, 3.8) is 0 Å². The Morgan fingerprint density at radius 3 is 2.47 bits per heavy atom. The fourth-order valence-electron chi connectivity index (χ4n) is 2.84. The van der Waals surface area contributed by atoms with E-state index in [9.17, 15) is 27.5 Å². The summed E-state index contributed by atoms with van der Waals surface area (Å²) < 4.78 is 57.7. The van der Waals surface area contributed by atoms with Gasteiger partial charge in [0.25, 0.3) is 0 Å². The number of hydrogen-bond donors (Lipinski definition) is 3. The summed E-state index contributed by atoms with van der Waals surface area (Å²) in [4.78, 5) is 15.2. The van der Waals surface area contributed by atoms with E-state index in [0.29, 0.717) is 5.56 Å². The number of nitrogens with two attached hydrogens (primary N) is 1. The van der Waals surface area contributed by atoms with Crippen LogP contribution in [0.25, 0.3) is 6.08 Å². The predicted octanol–water partition coefficient (Wildman–Crippen LogP) is 4.90. The molecule has 0 unspecified atom stereocenters. The minimum absolute atomic E-state index is 0.0936. The van der Waals surface area contributed by atoms with Crippen LogP contribution in [0.1, 0.15) is 27.0 Å². The molecular weight excluding hydrogens is 402 g/mol. The Hall–Kier alpha value is -3.88. The Morgan fingerprint density at radius 2 is 1.83 bits per heavy atom. The summed E-state index contributed by atoms with van der Waals surface area (Å²) in [5.41, 5.74) is 3.62. The zero-order valence-electron chi connectivity index (χ0n) is 15.3. The van der Waals surface area contributed by atoms with Gasteiger partial charge in [0.2, 0.25) is 0 Å². The van der Waals surface area contributed by atoms with Gasteiger partial charge in [0.05, 0.1) is 16.9 Å². The number of benzene rings is 2. The first-order valence-electron chi connectivity index (χ1n) is 8.55. The van der Waals surface area contributed by atoms with E-state index in [1.807, 2.05) is 0 Å². The van der Waals surface area contributed by atoms with E-state index in [-0.39, 0.29) is 11.3 Å². The van der Waals surface area contributed by atoms with E-state index in [2.05, 4.69) is 16.9 Å². The van der Waals surface area contributed by atoms with Crippen molar-refractivity contribution < 1.29 is 27.5 Å². The minimum Gasteiger partial charge on any atom is -0.478 e. The first-order chi connectivity index (χ1) is 14.2. The first-order valence-corrected chi connectivity index (χ1v) is 8.55. The first kappa shape index (κ1) is 20.8. The highest BCUT2D eigenvalue weighted by atomic mass is 19.2. The highest BCUT2D eigenvalue weighted by molar-refractivity contribution is 5.95. The molecular formula is C21H15F4N3O2. The van der Waals surface area contributed by atoms with Crippen LogP contribution >= 0.6 is 0 Å². The average Bonchev–Trinajstić information content (AvgIpc) is 2.71. The molecule has 0 spiro atoms. The zero-order chi connectivity index (χ0) is 22.0. The van der Waals surface area contributed by atoms with Crippen LogP contribution in [0.2, 0.25) is 0 Å². The highest BCUT2D eigenvalue weighted by Crippen LogP contribution is 2.31. The SMILES string of the molecule is C=Cc1ccc(Nc2c(C(=O)O)cc(Cc3ccnc(N)c3F)c(F)c2F)c(F)c1. The number of nitrogens with one attached hydrogen (secondary N) is 1. The van der Waals surface area contributed by atoms with Gasteiger partial charge in [0, 0.05) is 12.6 Å². The molecule has 9 heteroatoms. The number of carbonyl (C=O) groups is 1. The number of nitrogens with zero attached hydrogens (tertiary/aromatic N) is 1. The zero-order valence-corrected chi connectivity index (χ0v) is 15.3. The third-order valence-electron chi connectivity index (χ3n) is 4.38. The maximum Gasteiger partial charge on any atom is 0.337 e. The summed E-state index contributed by atoms with van der Waals surface area (Å²) in [6.45, 7) is 3.49. The summed E-state index contributed by atoms with van der Waals surface area (Å²) in [7, 11) is 0. The largest absolute Gasteiger partial charge is 0.478 e. The number of rotatable bonds is 6. The smallest absolute Gasteiger partial charge is 0.337 e. The standard InChI is InChI=1S/C21H15F4N3O2/c1-2-10-3-4-15(14(22)7-10)28-19-13(21(29)30)9-12(16(23)18(19)25)8-11-5-6-27-20(26)17(11)24/h2-7,9,28H,1,8H2,(H2,26,27)(H,29,30). The number of hydrogen-bond acceptors (Lipinski definition) is 4. The Bertz CT molecular complexity index is 1170. The fourth-order valence-corrected chi connectivity index (χ4v) is 2.84. The van der Waals surface area contributed by atoms with Crippen LogP contribution in [0.4, 0.5) is 34.8 Å². The molecule has 0 aliphatic rings. The Balaban J connectivity index is 2.07. The Kier molecular flexibility index (Phi) is 5.72. The van der Waals surface area contributed by atoms with Crippen LogP contribution in [0.3, 0.4) is 0 Å². The molecule has 0 radical (unpaired) electrons. The molecule has 1 heterocycles. The number of aromatic nitrogens is 1. The van der Waals surface area contributed by atoms with Gasteiger partial charge in [-0.05, 0) is 41.0 Å². The van der Waals surface area contributed by atoms with Gasteiger partial charge in [-0.2, -0.15) is 0 Å². The van der Waals surface area contributed by atoms with Crippen LogP contribution in [0.15, 0.2) is 43.1 Å². The third-order valence-corrected chi connectivity index (χ3v) is 4.38. The average molecular weight is 417 g/mol. The van der Waals surface area contributed by atoms with Gasteiger partial charge in [-0.1, -0.05) is 18.7 Å². The van der Waals surface area contributed by atoms with Crippen molar-refractivity contribution in [3.05, 3.63) is 88.6 Å². The molecule has 3 aromatic rings. The molecule has 30 heavy (non-hydrogen) atoms. The monoisotopic (exact) mass is 417 g/mol. The topological polar surface area (TPSA) is 88.2 Å². The lowest BCUT2D eigenvalue weighted by Gasteiger charge is -2.15. The summed E-state index contributed by atoms with van der Waals surface area (Å²) in [6, 6.07) is 5.85. The van der Waals surface area contributed by atoms with Crippen molar-refractivity contribution in [1.29, 1.82) is 0 Å². The number of nitrogen functional groups attached to an aromatic ring is 1. The highest BCUT2D eigenvalue weighted by Gasteiger charge is 2.24. The van der Waals surface area contributed by atoms with E-state index in [4.69, 9.17) is 5.73 Å². The second kappa shape index (κ2) is 8.24. The second-order valence-corrected chi connectivity index (χ2v) is 6.31. The molecule has 4 N–H and O–H groups in total. The molecule has 0 fully saturated rings. The maximum atomic E-state index is 14.8. The number of carboxylic acids is 1. The number of aromatic carboxylic acids is 1. The van der Waals surface area contributed by atoms with Crippen LogP contribution < -0.4 is 11.1 Å². The van der Waals surface area contributed by atoms with Crippen LogP contribution in [0.5, 0.6) is 0 Å². The van der Waals surface area contributed by atoms with Crippen molar-refractivity contribution in [2.45, 2.75) is 6.42 Å². The predicted molar refractivity (Wildman–Crippen MR) is 105 cm³/mol. The quantitative estimate of drug-likeness (QED) is 0.497. The molecule has 3 rings (SSSR count). The molecule has 0 saturated carbocycles. The fraction of sp³-hybridized carbons (Fsp3) is 0.0476. The van der Waals surface area contributed by atoms with Crippen molar-refractivity contribution in [3.8, 4) is 0 Å². The van der Waals surface area contributed by atoms with E-state index in [0.717, 1.165) is 12.1 Å². The van der Waals surface area contributed by atoms with Crippen molar-refractivity contribution in [2.75, 3.05) is 11.1 Å². The van der Waals surface area contributed by atoms with Gasteiger partial charge in [0.15, 0.2) is 23.3 Å². The van der Waals surface area contributed by atoms with Gasteiger partial charge >= 0.3 is 5.97 Å². The van der Waals surface area contributed by atoms with Crippen molar-refractivity contribution in [2.24, 2.45) is 0 Å². The second-order valence-electron chi connectivity index (χ2n) is 6.31. The van der Waals surface area contributed by atoms with Crippen molar-refractivity contribution in [1.82, 2.24) is 4.98 Å². The van der Waals surface area contributed by atoms with Crippen LogP contribution in [-0.2, 0) is 6.42 Å². The number of anilines is 3. The normalized spacial score (nSPS) is 10.7. The maximum absolute atomic E-state index is 14.8. The van der Waals surface area contributed by atoms with Gasteiger partial charge in [0.1, 0.15) is 5.82 Å². The molecule has 154 valence electrons. The van der Waals surface area contributed by atoms with Crippen molar-refractivity contribution >= 4 is 29.2 Å². The number of halogens is 4. The summed E-state index contributed by atoms with van der Waals surface area (Å²) in [6.07, 6.45) is 2.10. The van der Waals surface area contributed by atoms with E-state index < -0.39 is 58.3 Å². The minimum atomic E-state index is -1.59. The van der Waals surface area contributed by atoms with Gasteiger partial charge < -0.3 is 16.2 Å². The Labute approximate surface area is 168 Å². The molecule has 2 aromatic carbocycles. The molecule has 0 aliphatic carbocycles. The van der Waals surface area contributed by atoms with E-state index in [1.165, 1.54) is 30.5 Å². The Morgan fingerprint density at radius 1 is 1.10 bits per heavy atom. The summed E-state index contributed by atoms with van der Waals surface area (Å²) in [5.74, 6) is -6.69. The lowest BCUT2D eigenvalue weighted by Crippen LogP contribution is -2.11. The van der Waals surface area contributed by atoms with Gasteiger partial charge in [-0.15, -0.1) is 0 Å². The number of pyridine rings is 1. The van der Waals surface area contributed by atoms with Crippen LogP contribution in [-0.4, -0.2) is 16.1 Å².